The van der Waals surface area contributed by atoms with E-state index in [1.165, 1.54) is 12.1 Å². The number of halogens is 3. The molecule has 1 aromatic carbocycles. The lowest BCUT2D eigenvalue weighted by atomic mass is 10.2. The number of rotatable bonds is 3. The van der Waals surface area contributed by atoms with E-state index < -0.39 is 15.0 Å². The molecule has 0 heterocycles. The molecular formula is C10H8BrCl2NO3S. The molecule has 1 aromatic rings. The van der Waals surface area contributed by atoms with Gasteiger partial charge < -0.3 is 5.32 Å². The second-order valence-electron chi connectivity index (χ2n) is 3.95. The average molecular weight is 373 g/mol. The third-order valence-corrected chi connectivity index (χ3v) is 4.75. The molecular weight excluding hydrogens is 365 g/mol. The van der Waals surface area contributed by atoms with Crippen molar-refractivity contribution < 1.29 is 13.2 Å². The van der Waals surface area contributed by atoms with Crippen LogP contribution in [-0.2, 0) is 9.05 Å². The van der Waals surface area contributed by atoms with Gasteiger partial charge in [0, 0.05) is 21.2 Å². The molecule has 0 radical (unpaired) electrons. The van der Waals surface area contributed by atoms with E-state index in [9.17, 15) is 13.2 Å². The van der Waals surface area contributed by atoms with Crippen molar-refractivity contribution in [1.82, 2.24) is 5.32 Å². The highest BCUT2D eigenvalue weighted by atomic mass is 79.9. The van der Waals surface area contributed by atoms with Crippen molar-refractivity contribution in [1.29, 1.82) is 0 Å². The minimum Gasteiger partial charge on any atom is -0.349 e. The lowest BCUT2D eigenvalue weighted by Crippen LogP contribution is -2.26. The molecule has 0 atom stereocenters. The van der Waals surface area contributed by atoms with E-state index in [0.717, 1.165) is 12.8 Å². The van der Waals surface area contributed by atoms with E-state index in [4.69, 9.17) is 22.3 Å². The van der Waals surface area contributed by atoms with Crippen molar-refractivity contribution in [3.63, 3.8) is 0 Å². The van der Waals surface area contributed by atoms with Gasteiger partial charge in [-0.3, -0.25) is 4.79 Å². The molecule has 2 rings (SSSR count). The third kappa shape index (κ3) is 3.17. The minimum atomic E-state index is -3.99. The Hall–Kier alpha value is -0.300. The van der Waals surface area contributed by atoms with E-state index >= 15 is 0 Å². The monoisotopic (exact) mass is 371 g/mol. The van der Waals surface area contributed by atoms with E-state index in [0.29, 0.717) is 4.47 Å². The first-order valence-electron chi connectivity index (χ1n) is 5.03. The van der Waals surface area contributed by atoms with Gasteiger partial charge in [-0.2, -0.15) is 0 Å². The first-order valence-corrected chi connectivity index (χ1v) is 8.51. The smallest absolute Gasteiger partial charge is 0.262 e. The Balaban J connectivity index is 2.47. The molecule has 4 nitrogen and oxygen atoms in total. The lowest BCUT2D eigenvalue weighted by molar-refractivity contribution is 0.0951. The Kier molecular flexibility index (Phi) is 3.92. The molecule has 98 valence electrons. The summed E-state index contributed by atoms with van der Waals surface area (Å²) in [5, 5.41) is 2.57. The number of carbonyl (C=O) groups is 1. The largest absolute Gasteiger partial charge is 0.349 e. The van der Waals surface area contributed by atoms with Crippen LogP contribution in [-0.4, -0.2) is 20.4 Å². The number of carbonyl (C=O) groups excluding carboxylic acids is 1. The molecule has 0 bridgehead atoms. The van der Waals surface area contributed by atoms with Crippen LogP contribution in [0.15, 0.2) is 21.5 Å². The molecule has 0 aliphatic heterocycles. The average Bonchev–Trinajstić information content (AvgIpc) is 3.03. The van der Waals surface area contributed by atoms with Gasteiger partial charge >= 0.3 is 0 Å². The number of hydrogen-bond acceptors (Lipinski definition) is 3. The molecule has 1 amide bonds. The summed E-state index contributed by atoms with van der Waals surface area (Å²) < 4.78 is 23.1. The summed E-state index contributed by atoms with van der Waals surface area (Å²) in [5.74, 6) is -0.398. The summed E-state index contributed by atoms with van der Waals surface area (Å²) in [4.78, 5) is 11.6. The Bertz CT molecular complexity index is 614. The number of nitrogens with one attached hydrogen (secondary N) is 1. The van der Waals surface area contributed by atoms with Gasteiger partial charge in [0.2, 0.25) is 0 Å². The zero-order valence-electron chi connectivity index (χ0n) is 8.91. The van der Waals surface area contributed by atoms with E-state index in [2.05, 4.69) is 21.2 Å². The van der Waals surface area contributed by atoms with E-state index in [-0.39, 0.29) is 21.5 Å². The molecule has 1 aliphatic rings. The maximum Gasteiger partial charge on any atom is 0.262 e. The van der Waals surface area contributed by atoms with Crippen molar-refractivity contribution in [2.45, 2.75) is 23.8 Å². The van der Waals surface area contributed by atoms with Crippen molar-refractivity contribution in [2.24, 2.45) is 0 Å². The SMILES string of the molecule is O=C(NC1CC1)c1cc(Br)cc(S(=O)(=O)Cl)c1Cl. The van der Waals surface area contributed by atoms with E-state index in [1.54, 1.807) is 0 Å². The fraction of sp³-hybridized carbons (Fsp3) is 0.300. The predicted octanol–water partition coefficient (Wildman–Crippen LogP) is 2.92. The molecule has 1 fully saturated rings. The normalized spacial score (nSPS) is 15.5. The van der Waals surface area contributed by atoms with Crippen LogP contribution >= 0.6 is 38.2 Å². The van der Waals surface area contributed by atoms with Crippen LogP contribution in [0.25, 0.3) is 0 Å². The summed E-state index contributed by atoms with van der Waals surface area (Å²) in [6.45, 7) is 0. The second-order valence-corrected chi connectivity index (χ2v) is 7.78. The third-order valence-electron chi connectivity index (χ3n) is 2.42. The summed E-state index contributed by atoms with van der Waals surface area (Å²) in [5.41, 5.74) is 0.0946. The van der Waals surface area contributed by atoms with Crippen molar-refractivity contribution in [2.75, 3.05) is 0 Å². The minimum absolute atomic E-state index is 0.0946. The molecule has 0 saturated heterocycles. The first-order chi connectivity index (χ1) is 8.29. The van der Waals surface area contributed by atoms with Crippen molar-refractivity contribution in [3.8, 4) is 0 Å². The Morgan fingerprint density at radius 1 is 1.39 bits per heavy atom. The Morgan fingerprint density at radius 3 is 2.50 bits per heavy atom. The molecule has 0 aromatic heterocycles. The Labute approximate surface area is 122 Å². The fourth-order valence-electron chi connectivity index (χ4n) is 1.40. The fourth-order valence-corrected chi connectivity index (χ4v) is 3.58. The zero-order chi connectivity index (χ0) is 13.5. The van der Waals surface area contributed by atoms with Gasteiger partial charge in [-0.15, -0.1) is 0 Å². The number of benzene rings is 1. The van der Waals surface area contributed by atoms with Gasteiger partial charge in [0.1, 0.15) is 4.90 Å². The van der Waals surface area contributed by atoms with Crippen LogP contribution in [0.2, 0.25) is 5.02 Å². The van der Waals surface area contributed by atoms with Crippen LogP contribution in [0.3, 0.4) is 0 Å². The van der Waals surface area contributed by atoms with Crippen molar-refractivity contribution >= 4 is 53.2 Å². The standard InChI is InChI=1S/C10H8BrCl2NO3S/c11-5-3-7(10(15)14-6-1-2-6)9(12)8(4-5)18(13,16)17/h3-4,6H,1-2H2,(H,14,15). The van der Waals surface area contributed by atoms with E-state index in [1.807, 2.05) is 0 Å². The lowest BCUT2D eigenvalue weighted by Gasteiger charge is -2.09. The van der Waals surface area contributed by atoms with Gasteiger partial charge in [0.25, 0.3) is 15.0 Å². The highest BCUT2D eigenvalue weighted by Crippen LogP contribution is 2.32. The summed E-state index contributed by atoms with van der Waals surface area (Å²) >= 11 is 9.05. The van der Waals surface area contributed by atoms with Crippen LogP contribution in [0.4, 0.5) is 0 Å². The highest BCUT2D eigenvalue weighted by molar-refractivity contribution is 9.10. The van der Waals surface area contributed by atoms with Gasteiger partial charge in [-0.05, 0) is 25.0 Å². The van der Waals surface area contributed by atoms with Gasteiger partial charge in [-0.25, -0.2) is 8.42 Å². The molecule has 0 unspecified atom stereocenters. The quantitative estimate of drug-likeness (QED) is 0.829. The van der Waals surface area contributed by atoms with Gasteiger partial charge in [-0.1, -0.05) is 27.5 Å². The van der Waals surface area contributed by atoms with Crippen molar-refractivity contribution in [3.05, 3.63) is 27.2 Å². The van der Waals surface area contributed by atoms with Crippen LogP contribution in [0, 0.1) is 0 Å². The Morgan fingerprint density at radius 2 is 2.00 bits per heavy atom. The molecule has 1 saturated carbocycles. The maximum absolute atomic E-state index is 11.9. The predicted molar refractivity (Wildman–Crippen MR) is 72.7 cm³/mol. The number of amides is 1. The topological polar surface area (TPSA) is 63.2 Å². The summed E-state index contributed by atoms with van der Waals surface area (Å²) in [6, 6.07) is 2.88. The maximum atomic E-state index is 11.9. The van der Waals surface area contributed by atoms with Gasteiger partial charge in [0.05, 0.1) is 10.6 Å². The van der Waals surface area contributed by atoms with Gasteiger partial charge in [0.15, 0.2) is 0 Å². The van der Waals surface area contributed by atoms with Crippen LogP contribution in [0.5, 0.6) is 0 Å². The number of hydrogen-bond donors (Lipinski definition) is 1. The zero-order valence-corrected chi connectivity index (χ0v) is 12.8. The van der Waals surface area contributed by atoms with Crippen LogP contribution in [0.1, 0.15) is 23.2 Å². The van der Waals surface area contributed by atoms with Crippen LogP contribution < -0.4 is 5.32 Å². The highest BCUT2D eigenvalue weighted by Gasteiger charge is 2.27. The molecule has 1 aliphatic carbocycles. The summed E-state index contributed by atoms with van der Waals surface area (Å²) in [7, 11) is 1.27. The molecule has 18 heavy (non-hydrogen) atoms. The molecule has 1 N–H and O–H groups in total. The second kappa shape index (κ2) is 5.00. The molecule has 8 heteroatoms. The molecule has 0 spiro atoms. The summed E-state index contributed by atoms with van der Waals surface area (Å²) in [6.07, 6.45) is 1.86. The first kappa shape index (κ1) is 14.1.